The van der Waals surface area contributed by atoms with Gasteiger partial charge in [-0.3, -0.25) is 0 Å². The van der Waals surface area contributed by atoms with Crippen LogP contribution in [-0.4, -0.2) is 9.48 Å². The Kier molecular flexibility index (Phi) is 1.83. The first-order valence-electron chi connectivity index (χ1n) is 3.81. The van der Waals surface area contributed by atoms with Crippen molar-refractivity contribution in [3.05, 3.63) is 29.1 Å². The molecule has 1 N–H and O–H groups in total. The van der Waals surface area contributed by atoms with Gasteiger partial charge in [0.1, 0.15) is 0 Å². The topological polar surface area (TPSA) is 33.1 Å². The number of rotatable bonds is 1. The van der Waals surface area contributed by atoms with Crippen molar-refractivity contribution in [1.82, 2.24) is 4.37 Å². The Hall–Kier alpha value is -0.930. The smallest absolute Gasteiger partial charge is 0.0876 e. The summed E-state index contributed by atoms with van der Waals surface area (Å²) in [6, 6.07) is 7.86. The highest BCUT2D eigenvalue weighted by molar-refractivity contribution is 7.07. The lowest BCUT2D eigenvalue weighted by molar-refractivity contribution is 0.204. The Labute approximate surface area is 74.6 Å². The van der Waals surface area contributed by atoms with Gasteiger partial charge in [0.15, 0.2) is 0 Å². The van der Waals surface area contributed by atoms with Gasteiger partial charge in [0.2, 0.25) is 0 Å². The maximum absolute atomic E-state index is 9.38. The number of aliphatic hydroxyl groups is 1. The van der Waals surface area contributed by atoms with Crippen LogP contribution in [0.5, 0.6) is 0 Å². The zero-order chi connectivity index (χ0) is 8.55. The van der Waals surface area contributed by atoms with Gasteiger partial charge in [0.25, 0.3) is 0 Å². The average Bonchev–Trinajstić information content (AvgIpc) is 2.47. The molecule has 2 rings (SSSR count). The molecule has 2 aromatic rings. The summed E-state index contributed by atoms with van der Waals surface area (Å²) < 4.78 is 4.22. The highest BCUT2D eigenvalue weighted by atomic mass is 32.1. The lowest BCUT2D eigenvalue weighted by Gasteiger charge is -1.98. The molecule has 3 heteroatoms. The third-order valence-electron chi connectivity index (χ3n) is 1.79. The van der Waals surface area contributed by atoms with Crippen LogP contribution < -0.4 is 0 Å². The van der Waals surface area contributed by atoms with E-state index in [1.807, 2.05) is 24.3 Å². The summed E-state index contributed by atoms with van der Waals surface area (Å²) in [6.07, 6.45) is -0.414. The molecule has 0 aliphatic heterocycles. The van der Waals surface area contributed by atoms with E-state index in [1.54, 1.807) is 6.92 Å². The monoisotopic (exact) mass is 179 g/mol. The zero-order valence-electron chi connectivity index (χ0n) is 6.69. The second-order valence-corrected chi connectivity index (χ2v) is 3.54. The molecule has 0 saturated heterocycles. The number of hydrogen-bond donors (Lipinski definition) is 1. The molecule has 0 saturated carbocycles. The van der Waals surface area contributed by atoms with Crippen molar-refractivity contribution in [3.63, 3.8) is 0 Å². The molecule has 0 spiro atoms. The summed E-state index contributed by atoms with van der Waals surface area (Å²) in [5, 5.41) is 10.4. The van der Waals surface area contributed by atoms with Crippen LogP contribution >= 0.6 is 11.5 Å². The van der Waals surface area contributed by atoms with E-state index in [-0.39, 0.29) is 0 Å². The highest BCUT2D eigenvalue weighted by Gasteiger charge is 2.08. The lowest BCUT2D eigenvalue weighted by atomic mass is 10.2. The van der Waals surface area contributed by atoms with Gasteiger partial charge in [-0.2, -0.15) is 4.37 Å². The molecule has 1 heterocycles. The van der Waals surface area contributed by atoms with Crippen LogP contribution in [0, 0.1) is 0 Å². The summed E-state index contributed by atoms with van der Waals surface area (Å²) in [7, 11) is 0. The Morgan fingerprint density at radius 2 is 2.17 bits per heavy atom. The van der Waals surface area contributed by atoms with E-state index in [4.69, 9.17) is 0 Å². The Morgan fingerprint density at radius 3 is 2.92 bits per heavy atom. The van der Waals surface area contributed by atoms with Crippen molar-refractivity contribution in [3.8, 4) is 0 Å². The van der Waals surface area contributed by atoms with E-state index in [0.717, 1.165) is 15.8 Å². The Balaban J connectivity index is 2.70. The maximum Gasteiger partial charge on any atom is 0.0876 e. The predicted octanol–water partition coefficient (Wildman–Crippen LogP) is 2.35. The number of aliphatic hydroxyl groups excluding tert-OH is 1. The van der Waals surface area contributed by atoms with E-state index in [2.05, 4.69) is 4.37 Å². The first kappa shape index (κ1) is 7.71. The van der Waals surface area contributed by atoms with E-state index >= 15 is 0 Å². The molecule has 1 aromatic heterocycles. The van der Waals surface area contributed by atoms with Crippen molar-refractivity contribution < 1.29 is 5.11 Å². The van der Waals surface area contributed by atoms with Crippen LogP contribution in [0.4, 0.5) is 0 Å². The van der Waals surface area contributed by atoms with Gasteiger partial charge in [0.05, 0.1) is 16.5 Å². The zero-order valence-corrected chi connectivity index (χ0v) is 7.51. The van der Waals surface area contributed by atoms with Crippen molar-refractivity contribution in [2.45, 2.75) is 13.0 Å². The van der Waals surface area contributed by atoms with E-state index < -0.39 is 6.10 Å². The van der Waals surface area contributed by atoms with Gasteiger partial charge in [-0.1, -0.05) is 18.2 Å². The van der Waals surface area contributed by atoms with Gasteiger partial charge < -0.3 is 5.11 Å². The minimum Gasteiger partial charge on any atom is -0.388 e. The van der Waals surface area contributed by atoms with Crippen LogP contribution in [0.1, 0.15) is 17.9 Å². The molecule has 0 fully saturated rings. The Bertz CT molecular complexity index is 394. The molecule has 0 amide bonds. The highest BCUT2D eigenvalue weighted by Crippen LogP contribution is 2.27. The number of benzene rings is 1. The summed E-state index contributed by atoms with van der Waals surface area (Å²) in [4.78, 5) is 0.950. The van der Waals surface area contributed by atoms with Gasteiger partial charge in [-0.15, -0.1) is 0 Å². The van der Waals surface area contributed by atoms with E-state index in [9.17, 15) is 5.11 Å². The fourth-order valence-corrected chi connectivity index (χ4v) is 1.99. The molecule has 1 atom stereocenters. The first-order valence-corrected chi connectivity index (χ1v) is 4.59. The SMILES string of the molecule is CC(O)c1snc2ccccc12. The number of nitrogens with zero attached hydrogens (tertiary/aromatic N) is 1. The molecular formula is C9H9NOS. The van der Waals surface area contributed by atoms with Gasteiger partial charge in [-0.05, 0) is 24.5 Å². The average molecular weight is 179 g/mol. The van der Waals surface area contributed by atoms with E-state index in [0.29, 0.717) is 0 Å². The summed E-state index contributed by atoms with van der Waals surface area (Å²) in [5.41, 5.74) is 0.971. The number of hydrogen-bond acceptors (Lipinski definition) is 3. The molecule has 12 heavy (non-hydrogen) atoms. The molecule has 0 bridgehead atoms. The maximum atomic E-state index is 9.38. The third kappa shape index (κ3) is 1.11. The van der Waals surface area contributed by atoms with Crippen molar-refractivity contribution in [1.29, 1.82) is 0 Å². The molecule has 0 aliphatic carbocycles. The van der Waals surface area contributed by atoms with Crippen LogP contribution in [0.15, 0.2) is 24.3 Å². The number of aromatic nitrogens is 1. The molecule has 1 unspecified atom stereocenters. The molecule has 0 radical (unpaired) electrons. The van der Waals surface area contributed by atoms with Crippen LogP contribution in [0.3, 0.4) is 0 Å². The van der Waals surface area contributed by atoms with Crippen molar-refractivity contribution in [2.24, 2.45) is 0 Å². The predicted molar refractivity (Wildman–Crippen MR) is 50.3 cm³/mol. The fraction of sp³-hybridized carbons (Fsp3) is 0.222. The van der Waals surface area contributed by atoms with Crippen LogP contribution in [0.25, 0.3) is 10.9 Å². The fourth-order valence-electron chi connectivity index (χ4n) is 1.21. The van der Waals surface area contributed by atoms with E-state index in [1.165, 1.54) is 11.5 Å². The van der Waals surface area contributed by atoms with Crippen molar-refractivity contribution >= 4 is 22.4 Å². The molecule has 0 aliphatic rings. The molecule has 1 aromatic carbocycles. The number of fused-ring (bicyclic) bond motifs is 1. The lowest BCUT2D eigenvalue weighted by Crippen LogP contribution is -1.85. The Morgan fingerprint density at radius 1 is 1.42 bits per heavy atom. The van der Waals surface area contributed by atoms with Gasteiger partial charge in [0, 0.05) is 5.39 Å². The second kappa shape index (κ2) is 2.84. The quantitative estimate of drug-likeness (QED) is 0.729. The molecule has 62 valence electrons. The first-order chi connectivity index (χ1) is 5.79. The van der Waals surface area contributed by atoms with Gasteiger partial charge in [-0.25, -0.2) is 0 Å². The minimum atomic E-state index is -0.414. The van der Waals surface area contributed by atoms with Crippen LogP contribution in [0.2, 0.25) is 0 Å². The summed E-state index contributed by atoms with van der Waals surface area (Å²) in [6.45, 7) is 1.76. The summed E-state index contributed by atoms with van der Waals surface area (Å²) >= 11 is 1.37. The summed E-state index contributed by atoms with van der Waals surface area (Å²) in [5.74, 6) is 0. The van der Waals surface area contributed by atoms with Crippen molar-refractivity contribution in [2.75, 3.05) is 0 Å². The largest absolute Gasteiger partial charge is 0.388 e. The third-order valence-corrected chi connectivity index (χ3v) is 2.84. The van der Waals surface area contributed by atoms with Gasteiger partial charge >= 0.3 is 0 Å². The molecular weight excluding hydrogens is 170 g/mol. The van der Waals surface area contributed by atoms with Crippen LogP contribution in [-0.2, 0) is 0 Å². The normalized spacial score (nSPS) is 13.5. The molecule has 2 nitrogen and oxygen atoms in total. The second-order valence-electron chi connectivity index (χ2n) is 2.74. The standard InChI is InChI=1S/C9H9NOS/c1-6(11)9-7-4-2-3-5-8(7)10-12-9/h2-6,11H,1H3. The minimum absolute atomic E-state index is 0.414.